The molecule has 1 amide bonds. The molecule has 0 bridgehead atoms. The van der Waals surface area contributed by atoms with Gasteiger partial charge in [-0.1, -0.05) is 30.0 Å². The minimum atomic E-state index is -1.13. The summed E-state index contributed by atoms with van der Waals surface area (Å²) in [4.78, 5) is 26.3. The lowest BCUT2D eigenvalue weighted by Crippen LogP contribution is -2.33. The lowest BCUT2D eigenvalue weighted by Gasteiger charge is -2.18. The number of rotatable bonds is 4. The first-order valence-electron chi connectivity index (χ1n) is 7.47. The molecule has 1 aromatic carbocycles. The van der Waals surface area contributed by atoms with Crippen LogP contribution in [-0.4, -0.2) is 45.8 Å². The second-order valence-electron chi connectivity index (χ2n) is 5.57. The normalized spacial score (nSPS) is 19.6. The van der Waals surface area contributed by atoms with Gasteiger partial charge in [0.2, 0.25) is 0 Å². The second kappa shape index (κ2) is 6.90. The van der Waals surface area contributed by atoms with Crippen LogP contribution < -0.4 is 4.90 Å². The molecule has 0 unspecified atom stereocenters. The first kappa shape index (κ1) is 16.9. The maximum atomic E-state index is 14.3. The Bertz CT molecular complexity index is 745. The van der Waals surface area contributed by atoms with Crippen LogP contribution >= 0.6 is 24.0 Å². The lowest BCUT2D eigenvalue weighted by atomic mass is 10.1. The summed E-state index contributed by atoms with van der Waals surface area (Å²) in [5, 5.41) is 8.82. The molecule has 0 aliphatic carbocycles. The number of hydrogen-bond acceptors (Lipinski definition) is 5. The van der Waals surface area contributed by atoms with Crippen LogP contribution in [0.1, 0.15) is 18.4 Å². The van der Waals surface area contributed by atoms with Crippen molar-refractivity contribution in [3.05, 3.63) is 34.5 Å². The number of halogens is 1. The van der Waals surface area contributed by atoms with Crippen molar-refractivity contribution in [1.82, 2.24) is 4.90 Å². The van der Waals surface area contributed by atoms with Gasteiger partial charge in [-0.05, 0) is 36.6 Å². The van der Waals surface area contributed by atoms with Crippen LogP contribution in [0, 0.1) is 5.82 Å². The van der Waals surface area contributed by atoms with Crippen LogP contribution in [-0.2, 0) is 9.59 Å². The van der Waals surface area contributed by atoms with E-state index in [2.05, 4.69) is 0 Å². The van der Waals surface area contributed by atoms with Crippen molar-refractivity contribution in [1.29, 1.82) is 0 Å². The number of thioether (sulfide) groups is 1. The number of benzene rings is 1. The number of anilines is 1. The smallest absolute Gasteiger partial charge is 0.323 e. The summed E-state index contributed by atoms with van der Waals surface area (Å²) in [6.45, 7) is 1.23. The summed E-state index contributed by atoms with van der Waals surface area (Å²) >= 11 is 6.06. The van der Waals surface area contributed by atoms with Gasteiger partial charge in [-0.3, -0.25) is 14.5 Å². The van der Waals surface area contributed by atoms with Crippen molar-refractivity contribution in [2.24, 2.45) is 0 Å². The second-order valence-corrected chi connectivity index (χ2v) is 7.24. The average molecular weight is 366 g/mol. The van der Waals surface area contributed by atoms with E-state index in [4.69, 9.17) is 17.3 Å². The predicted octanol–water partition coefficient (Wildman–Crippen LogP) is 2.71. The Morgan fingerprint density at radius 2 is 2.08 bits per heavy atom. The van der Waals surface area contributed by atoms with Gasteiger partial charge in [0.05, 0.1) is 10.6 Å². The number of aliphatic carboxylic acids is 1. The maximum absolute atomic E-state index is 14.3. The Balaban J connectivity index is 1.81. The minimum Gasteiger partial charge on any atom is -0.480 e. The molecule has 8 heteroatoms. The molecular weight excluding hydrogens is 351 g/mol. The summed E-state index contributed by atoms with van der Waals surface area (Å²) < 4.78 is 14.5. The van der Waals surface area contributed by atoms with Crippen LogP contribution in [0.15, 0.2) is 23.1 Å². The van der Waals surface area contributed by atoms with Crippen LogP contribution in [0.2, 0.25) is 0 Å². The van der Waals surface area contributed by atoms with E-state index in [-0.39, 0.29) is 10.1 Å². The number of nitrogens with zero attached hydrogens (tertiary/aromatic N) is 2. The summed E-state index contributed by atoms with van der Waals surface area (Å²) in [7, 11) is 0. The highest BCUT2D eigenvalue weighted by molar-refractivity contribution is 8.26. The zero-order valence-corrected chi connectivity index (χ0v) is 14.3. The SMILES string of the molecule is O=C(O)CN1C(=O)/C(=C/c2ccc(N3CCCC3)c(F)c2)SC1=S. The standard InChI is InChI=1S/C16H15FN2O3S2/c17-11-7-10(3-4-12(11)18-5-1-2-6-18)8-13-15(22)19(9-14(20)21)16(23)24-13/h3-4,7-8H,1-2,5-6,9H2,(H,20,21)/b13-8-. The third-order valence-electron chi connectivity index (χ3n) is 3.88. The zero-order chi connectivity index (χ0) is 17.3. The largest absolute Gasteiger partial charge is 0.480 e. The molecule has 0 aromatic heterocycles. The number of amides is 1. The third kappa shape index (κ3) is 3.44. The highest BCUT2D eigenvalue weighted by Gasteiger charge is 2.33. The van der Waals surface area contributed by atoms with Crippen LogP contribution in [0.3, 0.4) is 0 Å². The summed E-state index contributed by atoms with van der Waals surface area (Å²) in [6, 6.07) is 4.85. The van der Waals surface area contributed by atoms with E-state index >= 15 is 0 Å². The molecule has 1 aromatic rings. The van der Waals surface area contributed by atoms with Crippen molar-refractivity contribution in [3.8, 4) is 0 Å². The number of thiocarbonyl (C=S) groups is 1. The topological polar surface area (TPSA) is 60.9 Å². The Morgan fingerprint density at radius 1 is 1.38 bits per heavy atom. The summed E-state index contributed by atoms with van der Waals surface area (Å²) in [6.07, 6.45) is 3.67. The lowest BCUT2D eigenvalue weighted by molar-refractivity contribution is -0.140. The Morgan fingerprint density at radius 3 is 2.71 bits per heavy atom. The molecule has 2 fully saturated rings. The van der Waals surface area contributed by atoms with Crippen molar-refractivity contribution < 1.29 is 19.1 Å². The average Bonchev–Trinajstić information content (AvgIpc) is 3.12. The van der Waals surface area contributed by atoms with Crippen LogP contribution in [0.25, 0.3) is 6.08 Å². The van der Waals surface area contributed by atoms with Crippen molar-refractivity contribution in [2.45, 2.75) is 12.8 Å². The molecule has 0 saturated carbocycles. The molecule has 2 aliphatic heterocycles. The van der Waals surface area contributed by atoms with Crippen LogP contribution in [0.4, 0.5) is 10.1 Å². The highest BCUT2D eigenvalue weighted by Crippen LogP contribution is 2.33. The van der Waals surface area contributed by atoms with Gasteiger partial charge >= 0.3 is 5.97 Å². The van der Waals surface area contributed by atoms with E-state index in [0.29, 0.717) is 16.2 Å². The molecular formula is C16H15FN2O3S2. The Kier molecular flexibility index (Phi) is 4.86. The molecule has 126 valence electrons. The van der Waals surface area contributed by atoms with E-state index in [1.807, 2.05) is 4.90 Å². The maximum Gasteiger partial charge on any atom is 0.323 e. The van der Waals surface area contributed by atoms with E-state index in [1.165, 1.54) is 12.1 Å². The third-order valence-corrected chi connectivity index (χ3v) is 5.26. The van der Waals surface area contributed by atoms with Gasteiger partial charge in [0.25, 0.3) is 5.91 Å². The molecule has 3 rings (SSSR count). The number of carbonyl (C=O) groups is 2. The van der Waals surface area contributed by atoms with E-state index < -0.39 is 18.4 Å². The van der Waals surface area contributed by atoms with Gasteiger partial charge in [0.15, 0.2) is 0 Å². The molecule has 0 spiro atoms. The van der Waals surface area contributed by atoms with E-state index in [0.717, 1.165) is 42.6 Å². The fourth-order valence-electron chi connectivity index (χ4n) is 2.75. The van der Waals surface area contributed by atoms with E-state index in [9.17, 15) is 14.0 Å². The van der Waals surface area contributed by atoms with Crippen molar-refractivity contribution in [2.75, 3.05) is 24.5 Å². The monoisotopic (exact) mass is 366 g/mol. The number of carboxylic acid groups (broad SMARTS) is 1. The molecule has 0 atom stereocenters. The fourth-order valence-corrected chi connectivity index (χ4v) is 4.01. The summed E-state index contributed by atoms with van der Waals surface area (Å²) in [5.74, 6) is -1.92. The molecule has 0 radical (unpaired) electrons. The zero-order valence-electron chi connectivity index (χ0n) is 12.7. The molecule has 1 N–H and O–H groups in total. The number of carboxylic acids is 1. The Hall–Kier alpha value is -1.93. The number of hydrogen-bond donors (Lipinski definition) is 1. The van der Waals surface area contributed by atoms with Gasteiger partial charge in [-0.2, -0.15) is 0 Å². The molecule has 2 saturated heterocycles. The fraction of sp³-hybridized carbons (Fsp3) is 0.312. The van der Waals surface area contributed by atoms with E-state index in [1.54, 1.807) is 12.1 Å². The van der Waals surface area contributed by atoms with Crippen LogP contribution in [0.5, 0.6) is 0 Å². The van der Waals surface area contributed by atoms with Gasteiger partial charge in [0.1, 0.15) is 16.7 Å². The molecule has 24 heavy (non-hydrogen) atoms. The minimum absolute atomic E-state index is 0.197. The highest BCUT2D eigenvalue weighted by atomic mass is 32.2. The van der Waals surface area contributed by atoms with Gasteiger partial charge in [0, 0.05) is 13.1 Å². The summed E-state index contributed by atoms with van der Waals surface area (Å²) in [5.41, 5.74) is 1.12. The molecule has 2 heterocycles. The molecule has 2 aliphatic rings. The quantitative estimate of drug-likeness (QED) is 0.653. The van der Waals surface area contributed by atoms with Crippen molar-refractivity contribution in [3.63, 3.8) is 0 Å². The van der Waals surface area contributed by atoms with Gasteiger partial charge in [-0.15, -0.1) is 0 Å². The van der Waals surface area contributed by atoms with Gasteiger partial charge in [-0.25, -0.2) is 4.39 Å². The Labute approximate surface area is 148 Å². The predicted molar refractivity (Wildman–Crippen MR) is 95.4 cm³/mol. The van der Waals surface area contributed by atoms with Crippen molar-refractivity contribution >= 4 is 51.9 Å². The first-order chi connectivity index (χ1) is 11.5. The number of carbonyl (C=O) groups excluding carboxylic acids is 1. The first-order valence-corrected chi connectivity index (χ1v) is 8.70. The van der Waals surface area contributed by atoms with Gasteiger partial charge < -0.3 is 10.0 Å². The molecule has 5 nitrogen and oxygen atoms in total.